The standard InChI is InChI=1S/C18H18F2N4O2/c1-9-18(10(2)26-24-9)17(25)5-16(21)13-3-12(14(19)4-15(13)20)11-6-22-8-23-7-11/h3-4,6-8,16-17,25H,5,21H2,1-2H3. The quantitative estimate of drug-likeness (QED) is 0.725. The smallest absolute Gasteiger partial charge is 0.139 e. The number of nitrogens with zero attached hydrogens (tertiary/aromatic N) is 3. The minimum atomic E-state index is -0.982. The van der Waals surface area contributed by atoms with Crippen LogP contribution in [0.5, 0.6) is 0 Å². The first-order valence-electron chi connectivity index (χ1n) is 7.99. The predicted octanol–water partition coefficient (Wildman–Crippen LogP) is 3.15. The summed E-state index contributed by atoms with van der Waals surface area (Å²) in [6.07, 6.45) is 3.21. The molecule has 1 aromatic carbocycles. The molecule has 3 N–H and O–H groups in total. The van der Waals surface area contributed by atoms with Crippen LogP contribution in [-0.2, 0) is 0 Å². The van der Waals surface area contributed by atoms with E-state index in [0.29, 0.717) is 22.6 Å². The molecule has 8 heteroatoms. The molecule has 0 saturated carbocycles. The van der Waals surface area contributed by atoms with Crippen molar-refractivity contribution in [2.24, 2.45) is 5.73 Å². The molecule has 2 aromatic heterocycles. The number of aliphatic hydroxyl groups excluding tert-OH is 1. The maximum atomic E-state index is 14.3. The van der Waals surface area contributed by atoms with Gasteiger partial charge in [0.15, 0.2) is 0 Å². The number of hydrogen-bond donors (Lipinski definition) is 2. The molecule has 26 heavy (non-hydrogen) atoms. The van der Waals surface area contributed by atoms with E-state index in [1.165, 1.54) is 24.8 Å². The van der Waals surface area contributed by atoms with Crippen LogP contribution in [-0.4, -0.2) is 20.2 Å². The zero-order chi connectivity index (χ0) is 18.8. The molecular weight excluding hydrogens is 342 g/mol. The van der Waals surface area contributed by atoms with Gasteiger partial charge in [-0.25, -0.2) is 18.7 Å². The first-order valence-corrected chi connectivity index (χ1v) is 7.99. The lowest BCUT2D eigenvalue weighted by Crippen LogP contribution is -2.17. The van der Waals surface area contributed by atoms with Crippen molar-refractivity contribution in [3.05, 3.63) is 65.1 Å². The van der Waals surface area contributed by atoms with Crippen molar-refractivity contribution >= 4 is 0 Å². The summed E-state index contributed by atoms with van der Waals surface area (Å²) < 4.78 is 33.5. The lowest BCUT2D eigenvalue weighted by atomic mass is 9.94. The zero-order valence-corrected chi connectivity index (χ0v) is 14.3. The van der Waals surface area contributed by atoms with Gasteiger partial charge in [0, 0.05) is 46.8 Å². The van der Waals surface area contributed by atoms with E-state index in [1.54, 1.807) is 13.8 Å². The molecule has 2 unspecified atom stereocenters. The van der Waals surface area contributed by atoms with Gasteiger partial charge < -0.3 is 15.4 Å². The van der Waals surface area contributed by atoms with Crippen LogP contribution in [0.25, 0.3) is 11.1 Å². The van der Waals surface area contributed by atoms with Crippen molar-refractivity contribution in [2.45, 2.75) is 32.4 Å². The molecule has 0 spiro atoms. The molecule has 0 bridgehead atoms. The molecule has 3 aromatic rings. The van der Waals surface area contributed by atoms with E-state index in [2.05, 4.69) is 15.1 Å². The fraction of sp³-hybridized carbons (Fsp3) is 0.278. The Balaban J connectivity index is 1.91. The third-order valence-corrected chi connectivity index (χ3v) is 4.26. The van der Waals surface area contributed by atoms with Crippen LogP contribution < -0.4 is 5.73 Å². The fourth-order valence-electron chi connectivity index (χ4n) is 2.96. The molecule has 2 atom stereocenters. The number of halogens is 2. The molecule has 0 saturated heterocycles. The maximum absolute atomic E-state index is 14.3. The molecule has 0 radical (unpaired) electrons. The Morgan fingerprint density at radius 3 is 2.46 bits per heavy atom. The molecule has 0 aliphatic carbocycles. The minimum Gasteiger partial charge on any atom is -0.388 e. The first kappa shape index (κ1) is 18.1. The van der Waals surface area contributed by atoms with Gasteiger partial charge in [0.2, 0.25) is 0 Å². The largest absolute Gasteiger partial charge is 0.388 e. The van der Waals surface area contributed by atoms with E-state index in [1.807, 2.05) is 0 Å². The summed E-state index contributed by atoms with van der Waals surface area (Å²) in [5, 5.41) is 14.2. The Morgan fingerprint density at radius 2 is 1.85 bits per heavy atom. The highest BCUT2D eigenvalue weighted by atomic mass is 19.1. The van der Waals surface area contributed by atoms with E-state index >= 15 is 0 Å². The van der Waals surface area contributed by atoms with Gasteiger partial charge in [0.25, 0.3) is 0 Å². The van der Waals surface area contributed by atoms with Gasteiger partial charge in [0.05, 0.1) is 11.8 Å². The first-order chi connectivity index (χ1) is 12.4. The van der Waals surface area contributed by atoms with Gasteiger partial charge in [-0.1, -0.05) is 5.16 Å². The number of aromatic nitrogens is 3. The predicted molar refractivity (Wildman–Crippen MR) is 89.9 cm³/mol. The molecule has 2 heterocycles. The van der Waals surface area contributed by atoms with Gasteiger partial charge in [0.1, 0.15) is 23.7 Å². The number of aryl methyl sites for hydroxylation is 2. The Labute approximate surface area is 148 Å². The van der Waals surface area contributed by atoms with Crippen molar-refractivity contribution in [1.82, 2.24) is 15.1 Å². The SMILES string of the molecule is Cc1noc(C)c1C(O)CC(N)c1cc(-c2cncnc2)c(F)cc1F. The van der Waals surface area contributed by atoms with Crippen molar-refractivity contribution in [3.63, 3.8) is 0 Å². The lowest BCUT2D eigenvalue weighted by Gasteiger charge is -2.18. The van der Waals surface area contributed by atoms with Gasteiger partial charge in [-0.05, 0) is 26.3 Å². The Kier molecular flexibility index (Phi) is 5.06. The van der Waals surface area contributed by atoms with Crippen molar-refractivity contribution in [3.8, 4) is 11.1 Å². The number of hydrogen-bond acceptors (Lipinski definition) is 6. The molecule has 0 amide bonds. The van der Waals surface area contributed by atoms with Gasteiger partial charge in [-0.3, -0.25) is 0 Å². The summed E-state index contributed by atoms with van der Waals surface area (Å²) in [4.78, 5) is 7.68. The minimum absolute atomic E-state index is 0.0240. The monoisotopic (exact) mass is 360 g/mol. The van der Waals surface area contributed by atoms with Crippen LogP contribution in [0.2, 0.25) is 0 Å². The Bertz CT molecular complexity index is 896. The van der Waals surface area contributed by atoms with E-state index in [0.717, 1.165) is 6.07 Å². The lowest BCUT2D eigenvalue weighted by molar-refractivity contribution is 0.155. The summed E-state index contributed by atoms with van der Waals surface area (Å²) in [5.41, 5.74) is 7.81. The second-order valence-electron chi connectivity index (χ2n) is 6.08. The summed E-state index contributed by atoms with van der Waals surface area (Å²) >= 11 is 0. The van der Waals surface area contributed by atoms with Crippen LogP contribution >= 0.6 is 0 Å². The zero-order valence-electron chi connectivity index (χ0n) is 14.3. The molecule has 0 aliphatic rings. The van der Waals surface area contributed by atoms with Crippen LogP contribution in [0, 0.1) is 25.5 Å². The second kappa shape index (κ2) is 7.27. The van der Waals surface area contributed by atoms with Crippen LogP contribution in [0.4, 0.5) is 8.78 Å². The Morgan fingerprint density at radius 1 is 1.15 bits per heavy atom. The molecular formula is C18H18F2N4O2. The van der Waals surface area contributed by atoms with Gasteiger partial charge >= 0.3 is 0 Å². The fourth-order valence-corrected chi connectivity index (χ4v) is 2.96. The van der Waals surface area contributed by atoms with E-state index in [-0.39, 0.29) is 17.5 Å². The van der Waals surface area contributed by atoms with Crippen LogP contribution in [0.1, 0.15) is 41.1 Å². The number of nitrogens with two attached hydrogens (primary N) is 1. The Hall–Kier alpha value is -2.71. The van der Waals surface area contributed by atoms with Crippen molar-refractivity contribution in [1.29, 1.82) is 0 Å². The molecule has 0 aliphatic heterocycles. The van der Waals surface area contributed by atoms with E-state index < -0.39 is 23.8 Å². The highest BCUT2D eigenvalue weighted by molar-refractivity contribution is 5.63. The summed E-state index contributed by atoms with van der Waals surface area (Å²) in [6.45, 7) is 3.38. The topological polar surface area (TPSA) is 98.1 Å². The van der Waals surface area contributed by atoms with E-state index in [9.17, 15) is 13.9 Å². The van der Waals surface area contributed by atoms with Gasteiger partial charge in [-0.2, -0.15) is 0 Å². The third kappa shape index (κ3) is 3.47. The molecule has 136 valence electrons. The number of benzene rings is 1. The van der Waals surface area contributed by atoms with E-state index in [4.69, 9.17) is 10.3 Å². The highest BCUT2D eigenvalue weighted by Gasteiger charge is 2.24. The molecule has 3 rings (SSSR count). The van der Waals surface area contributed by atoms with Crippen LogP contribution in [0.15, 0.2) is 35.4 Å². The normalized spacial score (nSPS) is 13.6. The number of rotatable bonds is 5. The van der Waals surface area contributed by atoms with Gasteiger partial charge in [-0.15, -0.1) is 0 Å². The third-order valence-electron chi connectivity index (χ3n) is 4.26. The van der Waals surface area contributed by atoms with Crippen molar-refractivity contribution in [2.75, 3.05) is 0 Å². The summed E-state index contributed by atoms with van der Waals surface area (Å²) in [7, 11) is 0. The second-order valence-corrected chi connectivity index (χ2v) is 6.08. The average molecular weight is 360 g/mol. The number of aliphatic hydroxyl groups is 1. The maximum Gasteiger partial charge on any atom is 0.139 e. The molecule has 0 fully saturated rings. The highest BCUT2D eigenvalue weighted by Crippen LogP contribution is 2.32. The molecule has 6 nitrogen and oxygen atoms in total. The van der Waals surface area contributed by atoms with Crippen molar-refractivity contribution < 1.29 is 18.4 Å². The average Bonchev–Trinajstić information content (AvgIpc) is 2.94. The summed E-state index contributed by atoms with van der Waals surface area (Å²) in [5.74, 6) is -1.04. The summed E-state index contributed by atoms with van der Waals surface area (Å²) in [6, 6.07) is 1.25. The van der Waals surface area contributed by atoms with Crippen LogP contribution in [0.3, 0.4) is 0 Å².